The summed E-state index contributed by atoms with van der Waals surface area (Å²) in [5.41, 5.74) is 1.04. The van der Waals surface area contributed by atoms with Crippen molar-refractivity contribution < 1.29 is 9.53 Å². The summed E-state index contributed by atoms with van der Waals surface area (Å²) in [5, 5.41) is 5.91. The van der Waals surface area contributed by atoms with Crippen molar-refractivity contribution in [3.8, 4) is 0 Å². The largest absolute Gasteiger partial charge is 0.469 e. The normalized spacial score (nSPS) is 22.6. The molecule has 106 valence electrons. The van der Waals surface area contributed by atoms with Gasteiger partial charge in [-0.3, -0.25) is 4.79 Å². The first-order valence-electron chi connectivity index (χ1n) is 6.96. The summed E-state index contributed by atoms with van der Waals surface area (Å²) in [6.45, 7) is 0. The number of rotatable bonds is 3. The van der Waals surface area contributed by atoms with Crippen molar-refractivity contribution in [1.29, 1.82) is 0 Å². The Morgan fingerprint density at radius 3 is 2.80 bits per heavy atom. The topological polar surface area (TPSA) is 51.2 Å². The number of methoxy groups -OCH3 is 1. The van der Waals surface area contributed by atoms with Crippen LogP contribution >= 0.6 is 11.5 Å². The summed E-state index contributed by atoms with van der Waals surface area (Å²) in [6, 6.07) is 8.61. The zero-order chi connectivity index (χ0) is 13.9. The average molecular weight is 290 g/mol. The fourth-order valence-electron chi connectivity index (χ4n) is 2.82. The smallest absolute Gasteiger partial charge is 0.308 e. The van der Waals surface area contributed by atoms with Crippen LogP contribution in [0.2, 0.25) is 0 Å². The zero-order valence-corrected chi connectivity index (χ0v) is 12.3. The van der Waals surface area contributed by atoms with Gasteiger partial charge in [-0.2, -0.15) is 4.37 Å². The van der Waals surface area contributed by atoms with Gasteiger partial charge in [-0.25, -0.2) is 0 Å². The van der Waals surface area contributed by atoms with Crippen LogP contribution < -0.4 is 5.32 Å². The van der Waals surface area contributed by atoms with Crippen molar-refractivity contribution in [1.82, 2.24) is 4.37 Å². The highest BCUT2D eigenvalue weighted by molar-refractivity contribution is 7.11. The van der Waals surface area contributed by atoms with Gasteiger partial charge in [0, 0.05) is 11.4 Å². The second-order valence-corrected chi connectivity index (χ2v) is 6.02. The van der Waals surface area contributed by atoms with E-state index in [1.807, 2.05) is 18.2 Å². The zero-order valence-electron chi connectivity index (χ0n) is 11.5. The van der Waals surface area contributed by atoms with Gasteiger partial charge in [0.25, 0.3) is 0 Å². The van der Waals surface area contributed by atoms with Gasteiger partial charge in [0.15, 0.2) is 0 Å². The first-order chi connectivity index (χ1) is 9.78. The number of hydrogen-bond donors (Lipinski definition) is 1. The van der Waals surface area contributed by atoms with E-state index >= 15 is 0 Å². The van der Waals surface area contributed by atoms with Gasteiger partial charge >= 0.3 is 5.97 Å². The van der Waals surface area contributed by atoms with Crippen LogP contribution in [-0.2, 0) is 9.53 Å². The van der Waals surface area contributed by atoms with E-state index in [1.165, 1.54) is 24.0 Å². The molecule has 5 heteroatoms. The molecule has 0 unspecified atom stereocenters. The van der Waals surface area contributed by atoms with Crippen molar-refractivity contribution >= 4 is 33.4 Å². The SMILES string of the molecule is COC(=O)C1CCC(Nc2snc3ccccc23)CC1. The molecule has 1 aromatic carbocycles. The van der Waals surface area contributed by atoms with Crippen LogP contribution in [0.3, 0.4) is 0 Å². The number of hydrogen-bond acceptors (Lipinski definition) is 5. The molecule has 20 heavy (non-hydrogen) atoms. The Hall–Kier alpha value is -1.62. The van der Waals surface area contributed by atoms with Crippen LogP contribution in [-0.4, -0.2) is 23.5 Å². The number of fused-ring (bicyclic) bond motifs is 1. The van der Waals surface area contributed by atoms with E-state index in [4.69, 9.17) is 4.74 Å². The van der Waals surface area contributed by atoms with Crippen molar-refractivity contribution in [2.75, 3.05) is 12.4 Å². The highest BCUT2D eigenvalue weighted by atomic mass is 32.1. The summed E-state index contributed by atoms with van der Waals surface area (Å²) in [4.78, 5) is 11.5. The molecule has 2 aromatic rings. The van der Waals surface area contributed by atoms with Crippen molar-refractivity contribution in [2.45, 2.75) is 31.7 Å². The predicted molar refractivity (Wildman–Crippen MR) is 81.0 cm³/mol. The molecule has 1 saturated carbocycles. The highest BCUT2D eigenvalue weighted by Crippen LogP contribution is 2.32. The predicted octanol–water partition coefficient (Wildman–Crippen LogP) is 3.44. The lowest BCUT2D eigenvalue weighted by atomic mass is 9.86. The van der Waals surface area contributed by atoms with E-state index in [0.717, 1.165) is 36.2 Å². The molecular weight excluding hydrogens is 272 g/mol. The molecule has 1 N–H and O–H groups in total. The highest BCUT2D eigenvalue weighted by Gasteiger charge is 2.27. The van der Waals surface area contributed by atoms with Crippen molar-refractivity contribution in [2.24, 2.45) is 5.92 Å². The molecule has 1 heterocycles. The lowest BCUT2D eigenvalue weighted by Gasteiger charge is -2.27. The molecule has 1 fully saturated rings. The minimum Gasteiger partial charge on any atom is -0.469 e. The molecule has 3 rings (SSSR count). The van der Waals surface area contributed by atoms with Gasteiger partial charge in [-0.15, -0.1) is 0 Å². The summed E-state index contributed by atoms with van der Waals surface area (Å²) >= 11 is 1.52. The molecule has 1 aliphatic carbocycles. The Labute approximate surface area is 122 Å². The Balaban J connectivity index is 1.64. The van der Waals surface area contributed by atoms with E-state index in [-0.39, 0.29) is 11.9 Å². The van der Waals surface area contributed by atoms with Gasteiger partial charge in [-0.05, 0) is 49.3 Å². The van der Waals surface area contributed by atoms with Crippen LogP contribution in [0.4, 0.5) is 5.00 Å². The van der Waals surface area contributed by atoms with Crippen LogP contribution in [0.5, 0.6) is 0 Å². The fraction of sp³-hybridized carbons (Fsp3) is 0.467. The molecule has 0 aliphatic heterocycles. The number of ether oxygens (including phenoxy) is 1. The average Bonchev–Trinajstić information content (AvgIpc) is 2.91. The Kier molecular flexibility index (Phi) is 3.87. The van der Waals surface area contributed by atoms with Crippen molar-refractivity contribution in [3.63, 3.8) is 0 Å². The number of aromatic nitrogens is 1. The molecule has 0 bridgehead atoms. The number of anilines is 1. The monoisotopic (exact) mass is 290 g/mol. The summed E-state index contributed by atoms with van der Waals surface area (Å²) in [7, 11) is 1.47. The van der Waals surface area contributed by atoms with Gasteiger partial charge in [0.1, 0.15) is 5.00 Å². The lowest BCUT2D eigenvalue weighted by molar-refractivity contribution is -0.146. The standard InChI is InChI=1S/C15H18N2O2S/c1-19-15(18)10-6-8-11(9-7-10)16-14-12-4-2-3-5-13(12)17-20-14/h2-5,10-11,16H,6-9H2,1H3. The summed E-state index contributed by atoms with van der Waals surface area (Å²) < 4.78 is 9.27. The van der Waals surface area contributed by atoms with E-state index in [9.17, 15) is 4.79 Å². The molecular formula is C15H18N2O2S. The van der Waals surface area contributed by atoms with E-state index in [0.29, 0.717) is 6.04 Å². The third-order valence-corrected chi connectivity index (χ3v) is 4.79. The third kappa shape index (κ3) is 2.63. The Morgan fingerprint density at radius 1 is 1.30 bits per heavy atom. The summed E-state index contributed by atoms with van der Waals surface area (Å²) in [6.07, 6.45) is 3.82. The second-order valence-electron chi connectivity index (χ2n) is 5.24. The maximum Gasteiger partial charge on any atom is 0.308 e. The number of nitrogens with one attached hydrogen (secondary N) is 1. The minimum absolute atomic E-state index is 0.0632. The van der Waals surface area contributed by atoms with Gasteiger partial charge in [-0.1, -0.05) is 12.1 Å². The third-order valence-electron chi connectivity index (χ3n) is 3.98. The van der Waals surface area contributed by atoms with Gasteiger partial charge in [0.05, 0.1) is 18.5 Å². The molecule has 0 saturated heterocycles. The number of esters is 1. The van der Waals surface area contributed by atoms with Crippen LogP contribution in [0.1, 0.15) is 25.7 Å². The fourth-order valence-corrected chi connectivity index (χ4v) is 3.66. The van der Waals surface area contributed by atoms with Crippen LogP contribution in [0.25, 0.3) is 10.9 Å². The van der Waals surface area contributed by atoms with Crippen LogP contribution in [0.15, 0.2) is 24.3 Å². The molecule has 1 aromatic heterocycles. The van der Waals surface area contributed by atoms with Crippen LogP contribution in [0, 0.1) is 5.92 Å². The summed E-state index contributed by atoms with van der Waals surface area (Å²) in [5.74, 6) is 0.0166. The van der Waals surface area contributed by atoms with Gasteiger partial charge < -0.3 is 10.1 Å². The van der Waals surface area contributed by atoms with Crippen molar-refractivity contribution in [3.05, 3.63) is 24.3 Å². The molecule has 0 atom stereocenters. The van der Waals surface area contributed by atoms with Gasteiger partial charge in [0.2, 0.25) is 0 Å². The second kappa shape index (κ2) is 5.79. The molecule has 0 amide bonds. The minimum atomic E-state index is -0.0632. The quantitative estimate of drug-likeness (QED) is 0.880. The Bertz CT molecular complexity index is 603. The first-order valence-corrected chi connectivity index (χ1v) is 7.74. The van der Waals surface area contributed by atoms with E-state index in [1.54, 1.807) is 0 Å². The van der Waals surface area contributed by atoms with E-state index < -0.39 is 0 Å². The number of nitrogens with zero attached hydrogens (tertiary/aromatic N) is 1. The maximum absolute atomic E-state index is 11.5. The molecule has 1 aliphatic rings. The number of carbonyl (C=O) groups is 1. The molecule has 0 spiro atoms. The Morgan fingerprint density at radius 2 is 2.05 bits per heavy atom. The molecule has 4 nitrogen and oxygen atoms in total. The lowest BCUT2D eigenvalue weighted by Crippen LogP contribution is -2.29. The van der Waals surface area contributed by atoms with E-state index in [2.05, 4.69) is 15.8 Å². The number of benzene rings is 1. The molecule has 0 radical (unpaired) electrons. The maximum atomic E-state index is 11.5. The number of carbonyl (C=O) groups excluding carboxylic acids is 1. The first kappa shape index (κ1) is 13.4.